The van der Waals surface area contributed by atoms with Crippen LogP contribution in [0.3, 0.4) is 0 Å². The van der Waals surface area contributed by atoms with Crippen LogP contribution >= 0.6 is 0 Å². The first-order chi connectivity index (χ1) is 12.5. The smallest absolute Gasteiger partial charge is 0.270 e. The first-order valence-electron chi connectivity index (χ1n) is 8.90. The minimum absolute atomic E-state index is 0.0145. The second kappa shape index (κ2) is 6.41. The lowest BCUT2D eigenvalue weighted by Gasteiger charge is -2.25. The third kappa shape index (κ3) is 2.79. The first kappa shape index (κ1) is 16.5. The summed E-state index contributed by atoms with van der Waals surface area (Å²) in [4.78, 5) is 32.1. The quantitative estimate of drug-likeness (QED) is 0.715. The van der Waals surface area contributed by atoms with Crippen molar-refractivity contribution in [2.45, 2.75) is 32.7 Å². The highest BCUT2D eigenvalue weighted by atomic mass is 16.2. The average Bonchev–Trinajstić information content (AvgIpc) is 3.12. The topological polar surface area (TPSA) is 54.7 Å². The Morgan fingerprint density at radius 1 is 1.08 bits per heavy atom. The lowest BCUT2D eigenvalue weighted by atomic mass is 10.0. The van der Waals surface area contributed by atoms with Crippen molar-refractivity contribution in [2.24, 2.45) is 0 Å². The Bertz CT molecular complexity index is 1040. The van der Waals surface area contributed by atoms with Crippen LogP contribution in [0.2, 0.25) is 0 Å². The van der Waals surface area contributed by atoms with Crippen LogP contribution in [0, 0.1) is 13.8 Å². The standard InChI is InChI=1S/C21H21N3O2/c1-14-5-8-16(9-6-14)18-4-3-11-23(18)20(25)17-12-22-19-10-7-15(2)13-24(19)21(17)26/h5-10,12-13,18H,3-4,11H2,1-2H3. The van der Waals surface area contributed by atoms with Crippen molar-refractivity contribution in [3.63, 3.8) is 0 Å². The van der Waals surface area contributed by atoms with Crippen molar-refractivity contribution < 1.29 is 4.79 Å². The Kier molecular flexibility index (Phi) is 4.07. The van der Waals surface area contributed by atoms with Gasteiger partial charge in [-0.05, 0) is 43.9 Å². The van der Waals surface area contributed by atoms with Crippen LogP contribution < -0.4 is 5.56 Å². The fourth-order valence-electron chi connectivity index (χ4n) is 3.63. The zero-order valence-corrected chi connectivity index (χ0v) is 15.0. The molecule has 1 fully saturated rings. The molecule has 1 aromatic carbocycles. The molecular formula is C21H21N3O2. The molecular weight excluding hydrogens is 326 g/mol. The summed E-state index contributed by atoms with van der Waals surface area (Å²) in [6.07, 6.45) is 4.99. The van der Waals surface area contributed by atoms with Crippen LogP contribution in [0.4, 0.5) is 0 Å². The zero-order valence-electron chi connectivity index (χ0n) is 15.0. The molecule has 0 N–H and O–H groups in total. The van der Waals surface area contributed by atoms with Crippen LogP contribution in [0.25, 0.3) is 5.65 Å². The second-order valence-corrected chi connectivity index (χ2v) is 6.98. The van der Waals surface area contributed by atoms with E-state index in [1.807, 2.05) is 24.8 Å². The number of likely N-dealkylation sites (tertiary alicyclic amines) is 1. The number of rotatable bonds is 2. The van der Waals surface area contributed by atoms with E-state index in [4.69, 9.17) is 0 Å². The van der Waals surface area contributed by atoms with Gasteiger partial charge in [0.15, 0.2) is 0 Å². The predicted octanol–water partition coefficient (Wildman–Crippen LogP) is 3.29. The normalized spacial score (nSPS) is 17.0. The van der Waals surface area contributed by atoms with Gasteiger partial charge >= 0.3 is 0 Å². The van der Waals surface area contributed by atoms with Gasteiger partial charge in [-0.2, -0.15) is 0 Å². The molecule has 4 rings (SSSR count). The Morgan fingerprint density at radius 2 is 1.81 bits per heavy atom. The van der Waals surface area contributed by atoms with Gasteiger partial charge < -0.3 is 4.90 Å². The van der Waals surface area contributed by atoms with E-state index in [-0.39, 0.29) is 23.1 Å². The maximum absolute atomic E-state index is 13.1. The number of pyridine rings is 1. The van der Waals surface area contributed by atoms with Gasteiger partial charge in [0, 0.05) is 18.9 Å². The molecule has 1 amide bonds. The Labute approximate surface area is 151 Å². The van der Waals surface area contributed by atoms with E-state index < -0.39 is 0 Å². The average molecular weight is 347 g/mol. The molecule has 1 atom stereocenters. The summed E-state index contributed by atoms with van der Waals surface area (Å²) < 4.78 is 1.46. The molecule has 0 bridgehead atoms. The molecule has 1 aliphatic heterocycles. The third-order valence-electron chi connectivity index (χ3n) is 5.06. The molecule has 1 aliphatic rings. The number of carbonyl (C=O) groups is 1. The van der Waals surface area contributed by atoms with Gasteiger partial charge in [0.1, 0.15) is 11.2 Å². The molecule has 0 saturated carbocycles. The third-order valence-corrected chi connectivity index (χ3v) is 5.06. The van der Waals surface area contributed by atoms with E-state index in [0.717, 1.165) is 24.0 Å². The molecule has 3 aromatic rings. The van der Waals surface area contributed by atoms with E-state index in [2.05, 4.69) is 29.2 Å². The first-order valence-corrected chi connectivity index (χ1v) is 8.90. The van der Waals surface area contributed by atoms with Crippen molar-refractivity contribution in [3.8, 4) is 0 Å². The van der Waals surface area contributed by atoms with E-state index >= 15 is 0 Å². The Morgan fingerprint density at radius 3 is 2.58 bits per heavy atom. The van der Waals surface area contributed by atoms with Crippen LogP contribution in [0.1, 0.15) is 45.9 Å². The van der Waals surface area contributed by atoms with Gasteiger partial charge in [0.05, 0.1) is 6.04 Å². The van der Waals surface area contributed by atoms with Gasteiger partial charge in [-0.1, -0.05) is 35.9 Å². The Balaban J connectivity index is 1.72. The van der Waals surface area contributed by atoms with E-state index in [0.29, 0.717) is 12.2 Å². The van der Waals surface area contributed by atoms with E-state index in [1.165, 1.54) is 16.2 Å². The van der Waals surface area contributed by atoms with Crippen molar-refractivity contribution in [3.05, 3.63) is 81.4 Å². The van der Waals surface area contributed by atoms with Gasteiger partial charge in [-0.25, -0.2) is 4.98 Å². The fourth-order valence-corrected chi connectivity index (χ4v) is 3.63. The number of aromatic nitrogens is 2. The molecule has 0 radical (unpaired) electrons. The van der Waals surface area contributed by atoms with E-state index in [9.17, 15) is 9.59 Å². The van der Waals surface area contributed by atoms with Gasteiger partial charge in [0.25, 0.3) is 11.5 Å². The molecule has 0 aliphatic carbocycles. The maximum atomic E-state index is 13.1. The summed E-state index contributed by atoms with van der Waals surface area (Å²) in [6.45, 7) is 4.62. The number of aryl methyl sites for hydroxylation is 2. The summed E-state index contributed by atoms with van der Waals surface area (Å²) in [5, 5.41) is 0. The summed E-state index contributed by atoms with van der Waals surface area (Å²) in [5.74, 6) is -0.235. The van der Waals surface area contributed by atoms with Crippen molar-refractivity contribution >= 4 is 11.6 Å². The van der Waals surface area contributed by atoms with Crippen molar-refractivity contribution in [1.82, 2.24) is 14.3 Å². The van der Waals surface area contributed by atoms with Gasteiger partial charge in [-0.15, -0.1) is 0 Å². The molecule has 26 heavy (non-hydrogen) atoms. The Hall–Kier alpha value is -2.95. The number of benzene rings is 1. The van der Waals surface area contributed by atoms with Crippen LogP contribution in [-0.4, -0.2) is 26.7 Å². The minimum Gasteiger partial charge on any atom is -0.331 e. The van der Waals surface area contributed by atoms with Crippen LogP contribution in [-0.2, 0) is 0 Å². The lowest BCUT2D eigenvalue weighted by Crippen LogP contribution is -2.35. The number of hydrogen-bond donors (Lipinski definition) is 0. The molecule has 2 aromatic heterocycles. The van der Waals surface area contributed by atoms with Gasteiger partial charge in [-0.3, -0.25) is 14.0 Å². The predicted molar refractivity (Wildman–Crippen MR) is 100 cm³/mol. The highest BCUT2D eigenvalue weighted by molar-refractivity contribution is 5.94. The largest absolute Gasteiger partial charge is 0.331 e. The van der Waals surface area contributed by atoms with E-state index in [1.54, 1.807) is 12.3 Å². The monoisotopic (exact) mass is 347 g/mol. The summed E-state index contributed by atoms with van der Waals surface area (Å²) in [6, 6.07) is 12.0. The number of nitrogens with zero attached hydrogens (tertiary/aromatic N) is 3. The molecule has 5 nitrogen and oxygen atoms in total. The van der Waals surface area contributed by atoms with Gasteiger partial charge in [0.2, 0.25) is 0 Å². The summed E-state index contributed by atoms with van der Waals surface area (Å²) >= 11 is 0. The number of carbonyl (C=O) groups excluding carboxylic acids is 1. The molecule has 1 saturated heterocycles. The molecule has 3 heterocycles. The number of fused-ring (bicyclic) bond motifs is 1. The molecule has 1 unspecified atom stereocenters. The number of amides is 1. The summed E-state index contributed by atoms with van der Waals surface area (Å²) in [7, 11) is 0. The highest BCUT2D eigenvalue weighted by Crippen LogP contribution is 2.32. The zero-order chi connectivity index (χ0) is 18.3. The van der Waals surface area contributed by atoms with Crippen LogP contribution in [0.15, 0.2) is 53.6 Å². The van der Waals surface area contributed by atoms with Crippen molar-refractivity contribution in [2.75, 3.05) is 6.54 Å². The fraction of sp³-hybridized carbons (Fsp3) is 0.286. The lowest BCUT2D eigenvalue weighted by molar-refractivity contribution is 0.0733. The molecule has 132 valence electrons. The SMILES string of the molecule is Cc1ccc(C2CCCN2C(=O)c2cnc3ccc(C)cn3c2=O)cc1. The minimum atomic E-state index is -0.307. The maximum Gasteiger partial charge on any atom is 0.270 e. The number of hydrogen-bond acceptors (Lipinski definition) is 3. The highest BCUT2D eigenvalue weighted by Gasteiger charge is 2.32. The molecule has 5 heteroatoms. The second-order valence-electron chi connectivity index (χ2n) is 6.98. The molecule has 0 spiro atoms. The van der Waals surface area contributed by atoms with Crippen LogP contribution in [0.5, 0.6) is 0 Å². The van der Waals surface area contributed by atoms with Crippen molar-refractivity contribution in [1.29, 1.82) is 0 Å². The summed E-state index contributed by atoms with van der Waals surface area (Å²) in [5.41, 5.74) is 3.63.